The zero-order chi connectivity index (χ0) is 19.1. The maximum absolute atomic E-state index is 12.3. The predicted molar refractivity (Wildman–Crippen MR) is 98.9 cm³/mol. The minimum atomic E-state index is -1.09. The zero-order valence-corrected chi connectivity index (χ0v) is 15.3. The van der Waals surface area contributed by atoms with Crippen LogP contribution in [0.1, 0.15) is 32.1 Å². The number of ether oxygens (including phenoxy) is 1. The van der Waals surface area contributed by atoms with Crippen molar-refractivity contribution in [2.45, 2.75) is 12.7 Å². The highest BCUT2D eigenvalue weighted by Crippen LogP contribution is 2.14. The van der Waals surface area contributed by atoms with Gasteiger partial charge >= 0.3 is 5.97 Å². The van der Waals surface area contributed by atoms with Gasteiger partial charge in [0.05, 0.1) is 17.9 Å². The highest BCUT2D eigenvalue weighted by atomic mass is 32.2. The minimum absolute atomic E-state index is 0.0575. The molecule has 0 saturated heterocycles. The standard InChI is InChI=1S/C18H20N2O5S/c1-12-15(18(22)23)6-7-16(19-12)17(21)20-14-5-3-4-13(10-14)11-26(24)9-8-25-2/h3-7,10H,8-9,11H2,1-2H3,(H,20,21)(H,22,23). The van der Waals surface area contributed by atoms with Gasteiger partial charge in [-0.15, -0.1) is 0 Å². The molecular formula is C18H20N2O5S. The SMILES string of the molecule is COCCS(=O)Cc1cccc(NC(=O)c2ccc(C(=O)O)c(C)n2)c1. The third-order valence-electron chi connectivity index (χ3n) is 3.58. The number of methoxy groups -OCH3 is 1. The van der Waals surface area contributed by atoms with Gasteiger partial charge in [-0.25, -0.2) is 9.78 Å². The smallest absolute Gasteiger partial charge is 0.337 e. The number of aromatic carboxylic acids is 1. The fourth-order valence-corrected chi connectivity index (χ4v) is 3.33. The number of hydrogen-bond donors (Lipinski definition) is 2. The van der Waals surface area contributed by atoms with E-state index in [4.69, 9.17) is 9.84 Å². The first kappa shape index (κ1) is 19.7. The Bertz CT molecular complexity index is 838. The van der Waals surface area contributed by atoms with Crippen molar-refractivity contribution in [2.24, 2.45) is 0 Å². The normalized spacial score (nSPS) is 11.8. The average Bonchev–Trinajstić information content (AvgIpc) is 2.59. The largest absolute Gasteiger partial charge is 0.478 e. The van der Waals surface area contributed by atoms with E-state index >= 15 is 0 Å². The minimum Gasteiger partial charge on any atom is -0.478 e. The lowest BCUT2D eigenvalue weighted by atomic mass is 10.1. The van der Waals surface area contributed by atoms with E-state index < -0.39 is 22.7 Å². The summed E-state index contributed by atoms with van der Waals surface area (Å²) in [6, 6.07) is 9.80. The van der Waals surface area contributed by atoms with Crippen molar-refractivity contribution < 1.29 is 23.6 Å². The second kappa shape index (κ2) is 9.21. The number of benzene rings is 1. The molecule has 138 valence electrons. The molecule has 2 aromatic rings. The molecule has 7 nitrogen and oxygen atoms in total. The molecule has 0 aliphatic heterocycles. The average molecular weight is 376 g/mol. The summed E-state index contributed by atoms with van der Waals surface area (Å²) in [5.41, 5.74) is 1.84. The van der Waals surface area contributed by atoms with Crippen LogP contribution in [0, 0.1) is 6.92 Å². The number of carboxylic acid groups (broad SMARTS) is 1. The molecule has 0 fully saturated rings. The number of amides is 1. The molecule has 1 heterocycles. The number of carbonyl (C=O) groups excluding carboxylic acids is 1. The van der Waals surface area contributed by atoms with E-state index in [1.165, 1.54) is 19.1 Å². The molecule has 0 aliphatic carbocycles. The van der Waals surface area contributed by atoms with Crippen LogP contribution in [0.3, 0.4) is 0 Å². The van der Waals surface area contributed by atoms with Gasteiger partial charge in [-0.05, 0) is 36.8 Å². The van der Waals surface area contributed by atoms with E-state index in [0.717, 1.165) is 5.56 Å². The maximum Gasteiger partial charge on any atom is 0.337 e. The number of anilines is 1. The lowest BCUT2D eigenvalue weighted by Crippen LogP contribution is -2.15. The Morgan fingerprint density at radius 2 is 2.04 bits per heavy atom. The molecule has 1 aromatic carbocycles. The molecule has 1 unspecified atom stereocenters. The van der Waals surface area contributed by atoms with Crippen LogP contribution in [-0.2, 0) is 21.3 Å². The molecule has 0 aliphatic rings. The van der Waals surface area contributed by atoms with Crippen molar-refractivity contribution >= 4 is 28.4 Å². The summed E-state index contributed by atoms with van der Waals surface area (Å²) in [5.74, 6) is -0.706. The zero-order valence-electron chi connectivity index (χ0n) is 14.5. The van der Waals surface area contributed by atoms with Crippen LogP contribution >= 0.6 is 0 Å². The van der Waals surface area contributed by atoms with Gasteiger partial charge in [0.1, 0.15) is 5.69 Å². The number of carbonyl (C=O) groups is 2. The third-order valence-corrected chi connectivity index (χ3v) is 4.85. The Hall–Kier alpha value is -2.58. The number of pyridine rings is 1. The van der Waals surface area contributed by atoms with Gasteiger partial charge in [0.15, 0.2) is 0 Å². The van der Waals surface area contributed by atoms with Gasteiger partial charge in [0, 0.05) is 35.1 Å². The van der Waals surface area contributed by atoms with Crippen molar-refractivity contribution in [3.8, 4) is 0 Å². The van der Waals surface area contributed by atoms with Gasteiger partial charge in [-0.3, -0.25) is 9.00 Å². The molecule has 1 aromatic heterocycles. The molecule has 0 saturated carbocycles. The summed E-state index contributed by atoms with van der Waals surface area (Å²) < 4.78 is 16.9. The molecule has 2 N–H and O–H groups in total. The Labute approximate surface area is 153 Å². The van der Waals surface area contributed by atoms with Crippen molar-refractivity contribution in [3.05, 3.63) is 58.9 Å². The summed E-state index contributed by atoms with van der Waals surface area (Å²) in [6.07, 6.45) is 0. The number of nitrogens with zero attached hydrogens (tertiary/aromatic N) is 1. The van der Waals surface area contributed by atoms with Crippen LogP contribution < -0.4 is 5.32 Å². The number of hydrogen-bond acceptors (Lipinski definition) is 5. The van der Waals surface area contributed by atoms with Crippen LogP contribution in [0.5, 0.6) is 0 Å². The number of aryl methyl sites for hydroxylation is 1. The first-order valence-electron chi connectivity index (χ1n) is 7.86. The molecule has 0 bridgehead atoms. The van der Waals surface area contributed by atoms with E-state index in [-0.39, 0.29) is 17.0 Å². The summed E-state index contributed by atoms with van der Waals surface area (Å²) in [7, 11) is 0.518. The van der Waals surface area contributed by atoms with Crippen molar-refractivity contribution in [1.29, 1.82) is 0 Å². The highest BCUT2D eigenvalue weighted by Gasteiger charge is 2.13. The van der Waals surface area contributed by atoms with Crippen LogP contribution in [0.4, 0.5) is 5.69 Å². The topological polar surface area (TPSA) is 106 Å². The summed E-state index contributed by atoms with van der Waals surface area (Å²) in [6.45, 7) is 1.97. The van der Waals surface area contributed by atoms with E-state index in [0.29, 0.717) is 23.8 Å². The lowest BCUT2D eigenvalue weighted by Gasteiger charge is -2.08. The van der Waals surface area contributed by atoms with Crippen LogP contribution in [0.25, 0.3) is 0 Å². The van der Waals surface area contributed by atoms with E-state index in [9.17, 15) is 13.8 Å². The predicted octanol–water partition coefficient (Wildman–Crippen LogP) is 2.24. The van der Waals surface area contributed by atoms with E-state index in [2.05, 4.69) is 10.3 Å². The number of carboxylic acids is 1. The molecule has 1 amide bonds. The molecule has 1 atom stereocenters. The fourth-order valence-electron chi connectivity index (χ4n) is 2.28. The fraction of sp³-hybridized carbons (Fsp3) is 0.278. The molecule has 0 spiro atoms. The maximum atomic E-state index is 12.3. The van der Waals surface area contributed by atoms with Crippen LogP contribution in [0.2, 0.25) is 0 Å². The number of aromatic nitrogens is 1. The summed E-state index contributed by atoms with van der Waals surface area (Å²) in [4.78, 5) is 27.4. The van der Waals surface area contributed by atoms with E-state index in [1.54, 1.807) is 25.3 Å². The Kier molecular flexibility index (Phi) is 6.99. The van der Waals surface area contributed by atoms with Crippen LogP contribution in [0.15, 0.2) is 36.4 Å². The second-order valence-corrected chi connectivity index (χ2v) is 7.15. The van der Waals surface area contributed by atoms with E-state index in [1.807, 2.05) is 6.07 Å². The van der Waals surface area contributed by atoms with Gasteiger partial charge in [-0.1, -0.05) is 12.1 Å². The second-order valence-electron chi connectivity index (χ2n) is 5.57. The molecular weight excluding hydrogens is 356 g/mol. The molecule has 0 radical (unpaired) electrons. The van der Waals surface area contributed by atoms with Crippen molar-refractivity contribution in [3.63, 3.8) is 0 Å². The number of nitrogens with one attached hydrogen (secondary N) is 1. The number of rotatable bonds is 8. The summed E-state index contributed by atoms with van der Waals surface area (Å²) in [5, 5.41) is 11.7. The van der Waals surface area contributed by atoms with Gasteiger partial charge < -0.3 is 15.2 Å². The summed E-state index contributed by atoms with van der Waals surface area (Å²) >= 11 is 0. The molecule has 8 heteroatoms. The quantitative estimate of drug-likeness (QED) is 0.732. The Balaban J connectivity index is 2.07. The van der Waals surface area contributed by atoms with Gasteiger partial charge in [-0.2, -0.15) is 0 Å². The molecule has 26 heavy (non-hydrogen) atoms. The Morgan fingerprint density at radius 3 is 2.69 bits per heavy atom. The monoisotopic (exact) mass is 376 g/mol. The third kappa shape index (κ3) is 5.47. The Morgan fingerprint density at radius 1 is 1.27 bits per heavy atom. The van der Waals surface area contributed by atoms with Crippen LogP contribution in [-0.4, -0.2) is 45.6 Å². The highest BCUT2D eigenvalue weighted by molar-refractivity contribution is 7.84. The van der Waals surface area contributed by atoms with Crippen molar-refractivity contribution in [1.82, 2.24) is 4.98 Å². The molecule has 2 rings (SSSR count). The lowest BCUT2D eigenvalue weighted by molar-refractivity contribution is 0.0695. The van der Waals surface area contributed by atoms with Gasteiger partial charge in [0.25, 0.3) is 5.91 Å². The van der Waals surface area contributed by atoms with Gasteiger partial charge in [0.2, 0.25) is 0 Å². The van der Waals surface area contributed by atoms with Crippen molar-refractivity contribution in [2.75, 3.05) is 24.8 Å². The first-order valence-corrected chi connectivity index (χ1v) is 9.34. The first-order chi connectivity index (χ1) is 12.4.